The second kappa shape index (κ2) is 8.97. The molecule has 0 saturated heterocycles. The minimum atomic E-state index is 0.828. The van der Waals surface area contributed by atoms with Gasteiger partial charge in [-0.25, -0.2) is 0 Å². The van der Waals surface area contributed by atoms with Crippen LogP contribution in [0.25, 0.3) is 0 Å². The Balaban J connectivity index is 2.42. The third-order valence-electron chi connectivity index (χ3n) is 4.49. The maximum Gasteiger partial charge on any atom is 0.0136 e. The van der Waals surface area contributed by atoms with E-state index in [-0.39, 0.29) is 0 Å². The fraction of sp³-hybridized carbons (Fsp3) is 1.00. The van der Waals surface area contributed by atoms with E-state index in [4.69, 9.17) is 0 Å². The second-order valence-corrected chi connectivity index (χ2v) is 7.11. The highest BCUT2D eigenvalue weighted by Crippen LogP contribution is 2.32. The molecule has 0 amide bonds. The van der Waals surface area contributed by atoms with Crippen LogP contribution >= 0.6 is 0 Å². The van der Waals surface area contributed by atoms with E-state index < -0.39 is 0 Å². The van der Waals surface area contributed by atoms with Crippen molar-refractivity contribution in [1.29, 1.82) is 0 Å². The van der Waals surface area contributed by atoms with Crippen LogP contribution in [0.2, 0.25) is 0 Å². The molecule has 0 aliphatic heterocycles. The number of hydrogen-bond donors (Lipinski definition) is 1. The van der Waals surface area contributed by atoms with Crippen molar-refractivity contribution in [2.24, 2.45) is 17.8 Å². The molecule has 0 radical (unpaired) electrons. The van der Waals surface area contributed by atoms with Crippen LogP contribution in [0.3, 0.4) is 0 Å². The van der Waals surface area contributed by atoms with Crippen LogP contribution in [-0.2, 0) is 0 Å². The maximum atomic E-state index is 3.54. The summed E-state index contributed by atoms with van der Waals surface area (Å²) in [6.07, 6.45) is 5.55. The Hall–Kier alpha value is -0.0800. The van der Waals surface area contributed by atoms with Crippen molar-refractivity contribution in [2.45, 2.75) is 66.3 Å². The van der Waals surface area contributed by atoms with Gasteiger partial charge in [-0.05, 0) is 69.6 Å². The van der Waals surface area contributed by atoms with Gasteiger partial charge in [-0.3, -0.25) is 0 Å². The van der Waals surface area contributed by atoms with Gasteiger partial charge in [0.25, 0.3) is 0 Å². The Kier molecular flexibility index (Phi) is 8.01. The summed E-state index contributed by atoms with van der Waals surface area (Å²) in [5.74, 6) is 2.56. The molecule has 0 aromatic rings. The first-order valence-corrected chi connectivity index (χ1v) is 8.49. The number of hydrogen-bond acceptors (Lipinski definition) is 2. The summed E-state index contributed by atoms with van der Waals surface area (Å²) in [7, 11) is 0. The van der Waals surface area contributed by atoms with Gasteiger partial charge in [0.05, 0.1) is 0 Å². The lowest BCUT2D eigenvalue weighted by molar-refractivity contribution is 0.0546. The zero-order chi connectivity index (χ0) is 14.3. The molecule has 1 fully saturated rings. The molecule has 2 atom stereocenters. The first-order valence-electron chi connectivity index (χ1n) is 8.49. The molecule has 1 aliphatic carbocycles. The van der Waals surface area contributed by atoms with Gasteiger partial charge in [-0.15, -0.1) is 0 Å². The molecule has 1 rings (SSSR count). The van der Waals surface area contributed by atoms with Gasteiger partial charge in [-0.1, -0.05) is 34.6 Å². The monoisotopic (exact) mass is 268 g/mol. The van der Waals surface area contributed by atoms with Gasteiger partial charge in [0.15, 0.2) is 0 Å². The summed E-state index contributed by atoms with van der Waals surface area (Å²) in [6, 6.07) is 0.858. The van der Waals surface area contributed by atoms with Crippen LogP contribution < -0.4 is 5.32 Å². The molecule has 2 heteroatoms. The maximum absolute atomic E-state index is 3.54. The molecule has 1 aliphatic rings. The lowest BCUT2D eigenvalue weighted by Crippen LogP contribution is -2.51. The Bertz CT molecular complexity index is 213. The molecule has 1 saturated carbocycles. The van der Waals surface area contributed by atoms with E-state index >= 15 is 0 Å². The van der Waals surface area contributed by atoms with Crippen molar-refractivity contribution in [2.75, 3.05) is 26.2 Å². The average Bonchev–Trinajstić information content (AvgIpc) is 2.31. The first-order chi connectivity index (χ1) is 9.04. The molecule has 2 unspecified atom stereocenters. The Labute approximate surface area is 121 Å². The van der Waals surface area contributed by atoms with Crippen LogP contribution in [0.4, 0.5) is 0 Å². The zero-order valence-corrected chi connectivity index (χ0v) is 13.9. The van der Waals surface area contributed by atoms with Crippen LogP contribution in [0.1, 0.15) is 60.3 Å². The molecule has 19 heavy (non-hydrogen) atoms. The lowest BCUT2D eigenvalue weighted by Gasteiger charge is -2.45. The lowest BCUT2D eigenvalue weighted by atomic mass is 9.78. The molecule has 0 aromatic heterocycles. The average molecular weight is 268 g/mol. The van der Waals surface area contributed by atoms with Crippen molar-refractivity contribution in [3.8, 4) is 0 Å². The summed E-state index contributed by atoms with van der Waals surface area (Å²) in [5, 5.41) is 3.54. The van der Waals surface area contributed by atoms with E-state index in [9.17, 15) is 0 Å². The van der Waals surface area contributed by atoms with Crippen molar-refractivity contribution in [3.63, 3.8) is 0 Å². The highest BCUT2D eigenvalue weighted by Gasteiger charge is 2.34. The van der Waals surface area contributed by atoms with E-state index in [1.807, 2.05) is 0 Å². The van der Waals surface area contributed by atoms with Crippen molar-refractivity contribution in [1.82, 2.24) is 10.2 Å². The predicted molar refractivity (Wildman–Crippen MR) is 85.5 cm³/mol. The van der Waals surface area contributed by atoms with E-state index in [1.165, 1.54) is 45.3 Å². The van der Waals surface area contributed by atoms with Crippen molar-refractivity contribution in [3.05, 3.63) is 0 Å². The Morgan fingerprint density at radius 2 is 1.58 bits per heavy atom. The second-order valence-electron chi connectivity index (χ2n) is 7.11. The zero-order valence-electron chi connectivity index (χ0n) is 13.9. The van der Waals surface area contributed by atoms with E-state index in [0.717, 1.165) is 30.3 Å². The molecule has 1 N–H and O–H groups in total. The third-order valence-corrected chi connectivity index (χ3v) is 4.49. The smallest absolute Gasteiger partial charge is 0.0136 e. The van der Waals surface area contributed by atoms with E-state index in [2.05, 4.69) is 44.8 Å². The Morgan fingerprint density at radius 1 is 1.00 bits per heavy atom. The van der Waals surface area contributed by atoms with Crippen LogP contribution in [0, 0.1) is 17.8 Å². The molecule has 2 nitrogen and oxygen atoms in total. The van der Waals surface area contributed by atoms with Gasteiger partial charge in [-0.2, -0.15) is 0 Å². The van der Waals surface area contributed by atoms with Crippen LogP contribution in [-0.4, -0.2) is 37.1 Å². The van der Waals surface area contributed by atoms with Gasteiger partial charge in [0.1, 0.15) is 0 Å². The van der Waals surface area contributed by atoms with Crippen molar-refractivity contribution >= 4 is 0 Å². The number of nitrogens with zero attached hydrogens (tertiary/aromatic N) is 1. The molecule has 0 aromatic carbocycles. The normalized spacial score (nSPS) is 23.4. The van der Waals surface area contributed by atoms with Gasteiger partial charge in [0, 0.05) is 6.04 Å². The SMILES string of the molecule is CCNCC1CCC1N(CCC(C)C)CCC(C)C. The van der Waals surface area contributed by atoms with Gasteiger partial charge >= 0.3 is 0 Å². The van der Waals surface area contributed by atoms with Gasteiger partial charge < -0.3 is 10.2 Å². The van der Waals surface area contributed by atoms with Gasteiger partial charge in [0.2, 0.25) is 0 Å². The quantitative estimate of drug-likeness (QED) is 0.649. The topological polar surface area (TPSA) is 15.3 Å². The van der Waals surface area contributed by atoms with Crippen LogP contribution in [0.5, 0.6) is 0 Å². The highest BCUT2D eigenvalue weighted by molar-refractivity contribution is 4.90. The molecule has 0 heterocycles. The number of nitrogens with one attached hydrogen (secondary N) is 1. The largest absolute Gasteiger partial charge is 0.317 e. The van der Waals surface area contributed by atoms with Crippen LogP contribution in [0.15, 0.2) is 0 Å². The summed E-state index contributed by atoms with van der Waals surface area (Å²) >= 11 is 0. The number of rotatable bonds is 10. The fourth-order valence-electron chi connectivity index (χ4n) is 2.89. The first kappa shape index (κ1) is 17.0. The minimum Gasteiger partial charge on any atom is -0.317 e. The van der Waals surface area contributed by atoms with E-state index in [1.54, 1.807) is 0 Å². The van der Waals surface area contributed by atoms with Crippen molar-refractivity contribution < 1.29 is 0 Å². The highest BCUT2D eigenvalue weighted by atomic mass is 15.2. The molecular weight excluding hydrogens is 232 g/mol. The summed E-state index contributed by atoms with van der Waals surface area (Å²) in [5.41, 5.74) is 0. The van der Waals surface area contributed by atoms with E-state index in [0.29, 0.717) is 0 Å². The third kappa shape index (κ3) is 6.27. The molecular formula is C17H36N2. The predicted octanol–water partition coefficient (Wildman–Crippen LogP) is 3.77. The standard InChI is InChI=1S/C17H36N2/c1-6-18-13-16-7-8-17(16)19(11-9-14(2)3)12-10-15(4)5/h14-18H,6-13H2,1-5H3. The summed E-state index contributed by atoms with van der Waals surface area (Å²) in [4.78, 5) is 2.80. The minimum absolute atomic E-state index is 0.828. The fourth-order valence-corrected chi connectivity index (χ4v) is 2.89. The molecule has 0 bridgehead atoms. The summed E-state index contributed by atoms with van der Waals surface area (Å²) < 4.78 is 0. The Morgan fingerprint density at radius 3 is 1.95 bits per heavy atom. The molecule has 0 spiro atoms. The molecule has 114 valence electrons. The summed E-state index contributed by atoms with van der Waals surface area (Å²) in [6.45, 7) is 16.5.